The third kappa shape index (κ3) is 4.94. The third-order valence-corrected chi connectivity index (χ3v) is 3.85. The van der Waals surface area contributed by atoms with Gasteiger partial charge in [0.15, 0.2) is 0 Å². The molecule has 0 bridgehead atoms. The van der Waals surface area contributed by atoms with Gasteiger partial charge in [-0.15, -0.1) is 0 Å². The van der Waals surface area contributed by atoms with Crippen molar-refractivity contribution in [3.05, 3.63) is 0 Å². The van der Waals surface area contributed by atoms with Crippen molar-refractivity contribution in [2.45, 2.75) is 52.0 Å². The number of hydrogen-bond acceptors (Lipinski definition) is 3. The van der Waals surface area contributed by atoms with Crippen LogP contribution >= 0.6 is 0 Å². The van der Waals surface area contributed by atoms with Crippen LogP contribution in [0.25, 0.3) is 0 Å². The van der Waals surface area contributed by atoms with Crippen molar-refractivity contribution >= 4 is 5.97 Å². The van der Waals surface area contributed by atoms with Crippen molar-refractivity contribution in [3.8, 4) is 0 Å². The average molecular weight is 256 g/mol. The van der Waals surface area contributed by atoms with Gasteiger partial charge in [-0.05, 0) is 58.2 Å². The molecule has 1 rings (SSSR count). The lowest BCUT2D eigenvalue weighted by Crippen LogP contribution is -2.49. The molecular formula is C14H28N2O2. The fourth-order valence-corrected chi connectivity index (χ4v) is 2.36. The highest BCUT2D eigenvalue weighted by atomic mass is 16.4. The highest BCUT2D eigenvalue weighted by Gasteiger charge is 2.31. The Hall–Kier alpha value is -0.610. The third-order valence-electron chi connectivity index (χ3n) is 3.85. The second-order valence-corrected chi connectivity index (χ2v) is 5.61. The maximum atomic E-state index is 11.3. The molecule has 1 fully saturated rings. The highest BCUT2D eigenvalue weighted by molar-refractivity contribution is 5.78. The van der Waals surface area contributed by atoms with Gasteiger partial charge in [0.05, 0.1) is 0 Å². The normalized spacial score (nSPS) is 18.9. The van der Waals surface area contributed by atoms with Gasteiger partial charge >= 0.3 is 5.97 Å². The number of carboxylic acids is 1. The van der Waals surface area contributed by atoms with E-state index in [1.54, 1.807) is 6.92 Å². The Morgan fingerprint density at radius 3 is 2.56 bits per heavy atom. The summed E-state index contributed by atoms with van der Waals surface area (Å²) in [5, 5.41) is 12.4. The molecule has 0 radical (unpaired) electrons. The van der Waals surface area contributed by atoms with E-state index in [4.69, 9.17) is 0 Å². The number of carbonyl (C=O) groups is 1. The predicted octanol–water partition coefficient (Wildman–Crippen LogP) is 1.95. The minimum absolute atomic E-state index is 0.692. The van der Waals surface area contributed by atoms with Crippen LogP contribution in [0.2, 0.25) is 0 Å². The molecule has 0 aromatic rings. The molecule has 18 heavy (non-hydrogen) atoms. The molecule has 1 aliphatic carbocycles. The maximum Gasteiger partial charge on any atom is 0.323 e. The zero-order valence-corrected chi connectivity index (χ0v) is 12.0. The van der Waals surface area contributed by atoms with Crippen molar-refractivity contribution in [1.29, 1.82) is 0 Å². The van der Waals surface area contributed by atoms with E-state index < -0.39 is 11.5 Å². The lowest BCUT2D eigenvalue weighted by atomic mass is 9.95. The van der Waals surface area contributed by atoms with Gasteiger partial charge in [0, 0.05) is 6.54 Å². The van der Waals surface area contributed by atoms with Crippen LogP contribution in [0.5, 0.6) is 0 Å². The zero-order valence-electron chi connectivity index (χ0n) is 12.0. The van der Waals surface area contributed by atoms with Crippen molar-refractivity contribution in [3.63, 3.8) is 0 Å². The van der Waals surface area contributed by atoms with Crippen LogP contribution in [0, 0.1) is 5.92 Å². The summed E-state index contributed by atoms with van der Waals surface area (Å²) < 4.78 is 0. The first-order valence-electron chi connectivity index (χ1n) is 7.22. The summed E-state index contributed by atoms with van der Waals surface area (Å²) in [6.45, 7) is 9.90. The fourth-order valence-electron chi connectivity index (χ4n) is 2.36. The second kappa shape index (κ2) is 7.10. The van der Waals surface area contributed by atoms with Crippen LogP contribution < -0.4 is 5.32 Å². The van der Waals surface area contributed by atoms with Crippen LogP contribution in [-0.4, -0.2) is 47.7 Å². The lowest BCUT2D eigenvalue weighted by Gasteiger charge is -2.27. The Morgan fingerprint density at radius 2 is 2.11 bits per heavy atom. The topological polar surface area (TPSA) is 52.6 Å². The Balaban J connectivity index is 2.29. The summed E-state index contributed by atoms with van der Waals surface area (Å²) in [5.74, 6) is 0.166. The first kappa shape index (κ1) is 15.4. The summed E-state index contributed by atoms with van der Waals surface area (Å²) in [4.78, 5) is 13.7. The standard InChI is InChI=1S/C14H28N2O2/c1-4-15-14(3,13(17)18)9-6-10-16(5-2)11-12-7-8-12/h12,15H,4-11H2,1-3H3,(H,17,18). The van der Waals surface area contributed by atoms with Gasteiger partial charge in [-0.3, -0.25) is 4.79 Å². The van der Waals surface area contributed by atoms with E-state index in [1.165, 1.54) is 19.4 Å². The number of nitrogens with zero attached hydrogens (tertiary/aromatic N) is 1. The minimum Gasteiger partial charge on any atom is -0.480 e. The van der Waals surface area contributed by atoms with E-state index in [2.05, 4.69) is 17.1 Å². The fraction of sp³-hybridized carbons (Fsp3) is 0.929. The van der Waals surface area contributed by atoms with Gasteiger partial charge in [-0.25, -0.2) is 0 Å². The summed E-state index contributed by atoms with van der Waals surface area (Å²) in [6, 6.07) is 0. The van der Waals surface area contributed by atoms with Gasteiger partial charge in [0.2, 0.25) is 0 Å². The van der Waals surface area contributed by atoms with E-state index in [-0.39, 0.29) is 0 Å². The van der Waals surface area contributed by atoms with E-state index in [9.17, 15) is 9.90 Å². The van der Waals surface area contributed by atoms with Gasteiger partial charge in [0.25, 0.3) is 0 Å². The Labute approximate surface area is 111 Å². The largest absolute Gasteiger partial charge is 0.480 e. The first-order chi connectivity index (χ1) is 8.51. The second-order valence-electron chi connectivity index (χ2n) is 5.61. The molecule has 0 aliphatic heterocycles. The van der Waals surface area contributed by atoms with Crippen molar-refractivity contribution in [2.24, 2.45) is 5.92 Å². The molecule has 0 saturated heterocycles. The van der Waals surface area contributed by atoms with Gasteiger partial charge < -0.3 is 15.3 Å². The SMILES string of the molecule is CCNC(C)(CCCN(CC)CC1CC1)C(=O)O. The number of carboxylic acid groups (broad SMARTS) is 1. The summed E-state index contributed by atoms with van der Waals surface area (Å²) in [5.41, 5.74) is -0.770. The predicted molar refractivity (Wildman–Crippen MR) is 73.8 cm³/mol. The van der Waals surface area contributed by atoms with Crippen LogP contribution in [0.15, 0.2) is 0 Å². The molecule has 4 heteroatoms. The van der Waals surface area contributed by atoms with E-state index in [0.717, 1.165) is 25.4 Å². The highest BCUT2D eigenvalue weighted by Crippen LogP contribution is 2.29. The van der Waals surface area contributed by atoms with Gasteiger partial charge in [-0.1, -0.05) is 13.8 Å². The Kier molecular flexibility index (Phi) is 6.09. The molecular weight excluding hydrogens is 228 g/mol. The van der Waals surface area contributed by atoms with Crippen molar-refractivity contribution in [1.82, 2.24) is 10.2 Å². The molecule has 0 spiro atoms. The lowest BCUT2D eigenvalue weighted by molar-refractivity contribution is -0.144. The molecule has 1 aliphatic rings. The monoisotopic (exact) mass is 256 g/mol. The molecule has 1 atom stereocenters. The first-order valence-corrected chi connectivity index (χ1v) is 7.22. The van der Waals surface area contributed by atoms with Crippen LogP contribution in [0.1, 0.15) is 46.5 Å². The van der Waals surface area contributed by atoms with E-state index in [0.29, 0.717) is 13.0 Å². The summed E-state index contributed by atoms with van der Waals surface area (Å²) in [7, 11) is 0. The number of rotatable bonds is 10. The molecule has 1 unspecified atom stereocenters. The number of hydrogen-bond donors (Lipinski definition) is 2. The van der Waals surface area contributed by atoms with E-state index in [1.807, 2.05) is 6.92 Å². The van der Waals surface area contributed by atoms with Crippen LogP contribution in [0.3, 0.4) is 0 Å². The number of aliphatic carboxylic acids is 1. The zero-order chi connectivity index (χ0) is 13.6. The number of likely N-dealkylation sites (N-methyl/N-ethyl adjacent to an activating group) is 1. The Morgan fingerprint density at radius 1 is 1.44 bits per heavy atom. The molecule has 0 aromatic carbocycles. The Bertz CT molecular complexity index is 267. The van der Waals surface area contributed by atoms with Gasteiger partial charge in [0.1, 0.15) is 5.54 Å². The van der Waals surface area contributed by atoms with Gasteiger partial charge in [-0.2, -0.15) is 0 Å². The van der Waals surface area contributed by atoms with Crippen LogP contribution in [-0.2, 0) is 4.79 Å². The number of nitrogens with one attached hydrogen (secondary N) is 1. The molecule has 1 saturated carbocycles. The molecule has 0 amide bonds. The molecule has 0 aromatic heterocycles. The van der Waals surface area contributed by atoms with Crippen molar-refractivity contribution < 1.29 is 9.90 Å². The van der Waals surface area contributed by atoms with Crippen molar-refractivity contribution in [2.75, 3.05) is 26.2 Å². The summed E-state index contributed by atoms with van der Waals surface area (Å²) >= 11 is 0. The quantitative estimate of drug-likeness (QED) is 0.627. The molecule has 106 valence electrons. The average Bonchev–Trinajstić information content (AvgIpc) is 3.11. The molecule has 0 heterocycles. The molecule has 2 N–H and O–H groups in total. The van der Waals surface area contributed by atoms with E-state index >= 15 is 0 Å². The smallest absolute Gasteiger partial charge is 0.323 e. The molecule has 4 nitrogen and oxygen atoms in total. The minimum atomic E-state index is -0.770. The summed E-state index contributed by atoms with van der Waals surface area (Å²) in [6.07, 6.45) is 4.38. The maximum absolute atomic E-state index is 11.3. The van der Waals surface area contributed by atoms with Crippen LogP contribution in [0.4, 0.5) is 0 Å².